The van der Waals surface area contributed by atoms with Crippen molar-refractivity contribution < 1.29 is 4.79 Å². The molecule has 0 atom stereocenters. The minimum absolute atomic E-state index is 0.0831. The number of nitrogens with one attached hydrogen (secondary N) is 1. The lowest BCUT2D eigenvalue weighted by Crippen LogP contribution is -2.29. The molecular weight excluding hydrogens is 232 g/mol. The van der Waals surface area contributed by atoms with E-state index in [2.05, 4.69) is 15.5 Å². The molecule has 0 fully saturated rings. The third kappa shape index (κ3) is 3.09. The molecule has 2 aromatic rings. The second-order valence-electron chi connectivity index (χ2n) is 3.98. The van der Waals surface area contributed by atoms with Gasteiger partial charge in [-0.1, -0.05) is 0 Å². The molecule has 0 saturated carbocycles. The van der Waals surface area contributed by atoms with Crippen molar-refractivity contribution in [1.29, 1.82) is 0 Å². The number of carbonyl (C=O) groups excluding carboxylic acids is 1. The SMILES string of the molecule is Cn1nccc1CCNC(=O)Cn1ccc(N)n1. The standard InChI is InChI=1S/C11H16N6O/c1-16-9(3-6-14-16)2-5-13-11(18)8-17-7-4-10(12)15-17/h3-4,6-7H,2,5,8H2,1H3,(H2,12,15)(H,13,18). The van der Waals surface area contributed by atoms with Crippen LogP contribution in [0.15, 0.2) is 24.5 Å². The molecule has 0 aromatic carbocycles. The maximum atomic E-state index is 11.6. The van der Waals surface area contributed by atoms with Crippen LogP contribution in [0.25, 0.3) is 0 Å². The molecule has 2 rings (SSSR count). The summed E-state index contributed by atoms with van der Waals surface area (Å²) in [4.78, 5) is 11.6. The highest BCUT2D eigenvalue weighted by Gasteiger charge is 2.04. The number of nitrogens with zero attached hydrogens (tertiary/aromatic N) is 4. The minimum atomic E-state index is -0.0831. The molecule has 2 heterocycles. The fraction of sp³-hybridized carbons (Fsp3) is 0.364. The quantitative estimate of drug-likeness (QED) is 0.750. The maximum absolute atomic E-state index is 11.6. The molecule has 2 aromatic heterocycles. The van der Waals surface area contributed by atoms with Crippen LogP contribution in [0.3, 0.4) is 0 Å². The topological polar surface area (TPSA) is 90.8 Å². The smallest absolute Gasteiger partial charge is 0.241 e. The van der Waals surface area contributed by atoms with Gasteiger partial charge in [-0.05, 0) is 12.1 Å². The molecule has 18 heavy (non-hydrogen) atoms. The van der Waals surface area contributed by atoms with E-state index >= 15 is 0 Å². The van der Waals surface area contributed by atoms with Crippen LogP contribution in [0.2, 0.25) is 0 Å². The number of nitrogens with two attached hydrogens (primary N) is 1. The summed E-state index contributed by atoms with van der Waals surface area (Å²) in [5, 5.41) is 10.8. The second kappa shape index (κ2) is 5.35. The van der Waals surface area contributed by atoms with Gasteiger partial charge in [0.1, 0.15) is 12.4 Å². The number of aromatic nitrogens is 4. The lowest BCUT2D eigenvalue weighted by molar-refractivity contribution is -0.121. The first-order chi connectivity index (χ1) is 8.65. The Bertz CT molecular complexity index is 529. The summed E-state index contributed by atoms with van der Waals surface area (Å²) in [5.41, 5.74) is 6.54. The Kier molecular flexibility index (Phi) is 3.61. The van der Waals surface area contributed by atoms with E-state index in [1.165, 1.54) is 4.68 Å². The lowest BCUT2D eigenvalue weighted by atomic mass is 10.3. The Hall–Kier alpha value is -2.31. The Morgan fingerprint density at radius 3 is 2.94 bits per heavy atom. The van der Waals surface area contributed by atoms with E-state index in [4.69, 9.17) is 5.73 Å². The van der Waals surface area contributed by atoms with Gasteiger partial charge in [-0.15, -0.1) is 0 Å². The van der Waals surface area contributed by atoms with Crippen LogP contribution in [0, 0.1) is 0 Å². The second-order valence-corrected chi connectivity index (χ2v) is 3.98. The number of anilines is 1. The summed E-state index contributed by atoms with van der Waals surface area (Å²) in [5.74, 6) is 0.331. The van der Waals surface area contributed by atoms with E-state index in [1.54, 1.807) is 23.1 Å². The normalized spacial score (nSPS) is 10.5. The van der Waals surface area contributed by atoms with Crippen LogP contribution in [0.1, 0.15) is 5.69 Å². The summed E-state index contributed by atoms with van der Waals surface area (Å²) in [6.07, 6.45) is 4.17. The first-order valence-electron chi connectivity index (χ1n) is 5.67. The Labute approximate surface area is 105 Å². The average molecular weight is 248 g/mol. The van der Waals surface area contributed by atoms with Crippen molar-refractivity contribution in [2.45, 2.75) is 13.0 Å². The van der Waals surface area contributed by atoms with Gasteiger partial charge < -0.3 is 11.1 Å². The molecule has 96 valence electrons. The van der Waals surface area contributed by atoms with Crippen molar-refractivity contribution in [3.05, 3.63) is 30.2 Å². The van der Waals surface area contributed by atoms with Crippen LogP contribution in [0.4, 0.5) is 5.82 Å². The number of carbonyl (C=O) groups is 1. The summed E-state index contributed by atoms with van der Waals surface area (Å²) in [6, 6.07) is 3.59. The van der Waals surface area contributed by atoms with Gasteiger partial charge in [-0.2, -0.15) is 10.2 Å². The van der Waals surface area contributed by atoms with Crippen LogP contribution in [-0.4, -0.2) is 32.0 Å². The number of aryl methyl sites for hydroxylation is 1. The zero-order chi connectivity index (χ0) is 13.0. The van der Waals surface area contributed by atoms with Gasteiger partial charge in [-0.3, -0.25) is 14.2 Å². The van der Waals surface area contributed by atoms with Gasteiger partial charge in [0.05, 0.1) is 0 Å². The molecule has 0 radical (unpaired) electrons. The number of hydrogen-bond donors (Lipinski definition) is 2. The van der Waals surface area contributed by atoms with Gasteiger partial charge in [0.2, 0.25) is 5.91 Å². The highest BCUT2D eigenvalue weighted by molar-refractivity contribution is 5.75. The Morgan fingerprint density at radius 2 is 2.33 bits per heavy atom. The number of hydrogen-bond acceptors (Lipinski definition) is 4. The Morgan fingerprint density at radius 1 is 1.50 bits per heavy atom. The molecule has 0 bridgehead atoms. The number of amides is 1. The number of nitrogen functional groups attached to an aromatic ring is 1. The number of rotatable bonds is 5. The van der Waals surface area contributed by atoms with E-state index < -0.39 is 0 Å². The van der Waals surface area contributed by atoms with Gasteiger partial charge in [0.15, 0.2) is 0 Å². The summed E-state index contributed by atoms with van der Waals surface area (Å²) in [7, 11) is 1.88. The summed E-state index contributed by atoms with van der Waals surface area (Å²) >= 11 is 0. The van der Waals surface area contributed by atoms with E-state index in [0.717, 1.165) is 12.1 Å². The van der Waals surface area contributed by atoms with Gasteiger partial charge in [-0.25, -0.2) is 0 Å². The van der Waals surface area contributed by atoms with Crippen LogP contribution in [-0.2, 0) is 24.8 Å². The lowest BCUT2D eigenvalue weighted by Gasteiger charge is -2.05. The molecule has 7 nitrogen and oxygen atoms in total. The zero-order valence-corrected chi connectivity index (χ0v) is 10.2. The maximum Gasteiger partial charge on any atom is 0.241 e. The van der Waals surface area contributed by atoms with E-state index in [9.17, 15) is 4.79 Å². The highest BCUT2D eigenvalue weighted by atomic mass is 16.2. The fourth-order valence-electron chi connectivity index (χ4n) is 1.65. The minimum Gasteiger partial charge on any atom is -0.382 e. The van der Waals surface area contributed by atoms with Crippen molar-refractivity contribution in [2.24, 2.45) is 7.05 Å². The molecule has 0 aliphatic heterocycles. The van der Waals surface area contributed by atoms with Gasteiger partial charge >= 0.3 is 0 Å². The molecule has 0 aliphatic rings. The summed E-state index contributed by atoms with van der Waals surface area (Å²) in [6.45, 7) is 0.762. The highest BCUT2D eigenvalue weighted by Crippen LogP contribution is 1.97. The first-order valence-corrected chi connectivity index (χ1v) is 5.67. The molecule has 3 N–H and O–H groups in total. The monoisotopic (exact) mass is 248 g/mol. The molecule has 1 amide bonds. The molecule has 7 heteroatoms. The predicted octanol–water partition coefficient (Wildman–Crippen LogP) is -0.442. The summed E-state index contributed by atoms with van der Waals surface area (Å²) < 4.78 is 3.30. The molecule has 0 unspecified atom stereocenters. The van der Waals surface area contributed by atoms with Crippen molar-refractivity contribution in [3.63, 3.8) is 0 Å². The van der Waals surface area contributed by atoms with Crippen LogP contribution in [0.5, 0.6) is 0 Å². The predicted molar refractivity (Wildman–Crippen MR) is 66.6 cm³/mol. The average Bonchev–Trinajstić information content (AvgIpc) is 2.89. The molecular formula is C11H16N6O. The van der Waals surface area contributed by atoms with Crippen molar-refractivity contribution in [2.75, 3.05) is 12.3 Å². The third-order valence-electron chi connectivity index (χ3n) is 2.59. The van der Waals surface area contributed by atoms with E-state index in [0.29, 0.717) is 12.4 Å². The Balaban J connectivity index is 1.74. The molecule has 0 aliphatic carbocycles. The largest absolute Gasteiger partial charge is 0.382 e. The van der Waals surface area contributed by atoms with Gasteiger partial charge in [0.25, 0.3) is 0 Å². The fourth-order valence-corrected chi connectivity index (χ4v) is 1.65. The van der Waals surface area contributed by atoms with Crippen molar-refractivity contribution in [1.82, 2.24) is 24.9 Å². The molecule has 0 spiro atoms. The molecule has 0 saturated heterocycles. The van der Waals surface area contributed by atoms with E-state index in [1.807, 2.05) is 13.1 Å². The van der Waals surface area contributed by atoms with Crippen LogP contribution >= 0.6 is 0 Å². The van der Waals surface area contributed by atoms with Crippen LogP contribution < -0.4 is 11.1 Å². The van der Waals surface area contributed by atoms with Crippen molar-refractivity contribution in [3.8, 4) is 0 Å². The zero-order valence-electron chi connectivity index (χ0n) is 10.2. The van der Waals surface area contributed by atoms with E-state index in [-0.39, 0.29) is 12.5 Å². The third-order valence-corrected chi connectivity index (χ3v) is 2.59. The first kappa shape index (κ1) is 12.2. The van der Waals surface area contributed by atoms with Crippen molar-refractivity contribution >= 4 is 11.7 Å². The van der Waals surface area contributed by atoms with Gasteiger partial charge in [0, 0.05) is 38.1 Å².